The second-order valence-electron chi connectivity index (χ2n) is 6.86. The van der Waals surface area contributed by atoms with Gasteiger partial charge in [0.05, 0.1) is 7.11 Å². The zero-order valence-corrected chi connectivity index (χ0v) is 15.5. The molecule has 0 saturated heterocycles. The summed E-state index contributed by atoms with van der Waals surface area (Å²) in [6.45, 7) is 0. The van der Waals surface area contributed by atoms with Crippen LogP contribution in [0, 0.1) is 0 Å². The SMILES string of the molecule is COc1ccc(C(=O)CCCC(=O)N(C)C2(C(=O)O)CCCCC2)cc1. The minimum Gasteiger partial charge on any atom is -0.497 e. The molecule has 1 aromatic carbocycles. The van der Waals surface area contributed by atoms with Gasteiger partial charge in [0.25, 0.3) is 0 Å². The van der Waals surface area contributed by atoms with Crippen LogP contribution in [0.4, 0.5) is 0 Å². The van der Waals surface area contributed by atoms with Gasteiger partial charge in [0.2, 0.25) is 5.91 Å². The molecular formula is C20H27NO5. The van der Waals surface area contributed by atoms with E-state index in [0.29, 0.717) is 30.6 Å². The van der Waals surface area contributed by atoms with Gasteiger partial charge in [-0.25, -0.2) is 4.79 Å². The van der Waals surface area contributed by atoms with Crippen molar-refractivity contribution in [1.82, 2.24) is 4.90 Å². The third-order valence-electron chi connectivity index (χ3n) is 5.30. The van der Waals surface area contributed by atoms with Crippen LogP contribution in [-0.4, -0.2) is 47.4 Å². The van der Waals surface area contributed by atoms with Crippen LogP contribution in [0.25, 0.3) is 0 Å². The number of methoxy groups -OCH3 is 1. The Bertz CT molecular complexity index is 647. The molecule has 6 heteroatoms. The summed E-state index contributed by atoms with van der Waals surface area (Å²) in [7, 11) is 3.14. The van der Waals surface area contributed by atoms with Crippen LogP contribution in [0.3, 0.4) is 0 Å². The number of carboxylic acid groups (broad SMARTS) is 1. The van der Waals surface area contributed by atoms with Crippen molar-refractivity contribution in [2.24, 2.45) is 0 Å². The Morgan fingerprint density at radius 2 is 1.69 bits per heavy atom. The van der Waals surface area contributed by atoms with Crippen molar-refractivity contribution >= 4 is 17.7 Å². The van der Waals surface area contributed by atoms with Crippen LogP contribution >= 0.6 is 0 Å². The Kier molecular flexibility index (Phi) is 6.77. The maximum Gasteiger partial charge on any atom is 0.329 e. The molecule has 1 N–H and O–H groups in total. The van der Waals surface area contributed by atoms with Crippen LogP contribution in [0.5, 0.6) is 5.75 Å². The van der Waals surface area contributed by atoms with Gasteiger partial charge in [-0.15, -0.1) is 0 Å². The van der Waals surface area contributed by atoms with E-state index in [-0.39, 0.29) is 24.5 Å². The zero-order chi connectivity index (χ0) is 19.2. The average Bonchev–Trinajstić information content (AvgIpc) is 2.67. The molecule has 0 heterocycles. The molecule has 26 heavy (non-hydrogen) atoms. The Morgan fingerprint density at radius 1 is 1.08 bits per heavy atom. The van der Waals surface area contributed by atoms with E-state index < -0.39 is 11.5 Å². The van der Waals surface area contributed by atoms with Gasteiger partial charge in [-0.3, -0.25) is 9.59 Å². The largest absolute Gasteiger partial charge is 0.497 e. The summed E-state index contributed by atoms with van der Waals surface area (Å²) in [5, 5.41) is 9.65. The lowest BCUT2D eigenvalue weighted by molar-refractivity contribution is -0.160. The first-order chi connectivity index (χ1) is 12.4. The minimum absolute atomic E-state index is 0.0336. The van der Waals surface area contributed by atoms with E-state index in [0.717, 1.165) is 19.3 Å². The van der Waals surface area contributed by atoms with E-state index in [4.69, 9.17) is 4.74 Å². The van der Waals surface area contributed by atoms with Crippen molar-refractivity contribution in [1.29, 1.82) is 0 Å². The van der Waals surface area contributed by atoms with Crippen molar-refractivity contribution in [3.05, 3.63) is 29.8 Å². The van der Waals surface area contributed by atoms with E-state index in [9.17, 15) is 19.5 Å². The molecule has 2 rings (SSSR count). The van der Waals surface area contributed by atoms with Gasteiger partial charge in [-0.05, 0) is 43.5 Å². The highest BCUT2D eigenvalue weighted by atomic mass is 16.5. The lowest BCUT2D eigenvalue weighted by Crippen LogP contribution is -2.56. The second kappa shape index (κ2) is 8.83. The molecule has 1 amide bonds. The van der Waals surface area contributed by atoms with Gasteiger partial charge < -0.3 is 14.7 Å². The number of hydrogen-bond acceptors (Lipinski definition) is 4. The maximum absolute atomic E-state index is 12.5. The zero-order valence-electron chi connectivity index (χ0n) is 15.5. The fourth-order valence-corrected chi connectivity index (χ4v) is 3.56. The summed E-state index contributed by atoms with van der Waals surface area (Å²) in [6.07, 6.45) is 4.47. The molecule has 142 valence electrons. The quantitative estimate of drug-likeness (QED) is 0.718. The van der Waals surface area contributed by atoms with Crippen LogP contribution in [0.15, 0.2) is 24.3 Å². The number of ketones is 1. The Morgan fingerprint density at radius 3 is 2.23 bits per heavy atom. The molecule has 0 radical (unpaired) electrons. The predicted octanol–water partition coefficient (Wildman–Crippen LogP) is 3.29. The highest BCUT2D eigenvalue weighted by Crippen LogP contribution is 2.33. The van der Waals surface area contributed by atoms with Crippen LogP contribution < -0.4 is 4.74 Å². The normalized spacial score (nSPS) is 15.9. The van der Waals surface area contributed by atoms with Gasteiger partial charge in [0.1, 0.15) is 11.3 Å². The Balaban J connectivity index is 1.88. The molecule has 1 saturated carbocycles. The Hall–Kier alpha value is -2.37. The van der Waals surface area contributed by atoms with Crippen LogP contribution in [-0.2, 0) is 9.59 Å². The van der Waals surface area contributed by atoms with Crippen LogP contribution in [0.1, 0.15) is 61.7 Å². The van der Waals surface area contributed by atoms with Gasteiger partial charge in [0.15, 0.2) is 5.78 Å². The maximum atomic E-state index is 12.5. The van der Waals surface area contributed by atoms with Gasteiger partial charge in [0, 0.05) is 25.5 Å². The van der Waals surface area contributed by atoms with E-state index in [1.807, 2.05) is 0 Å². The number of nitrogens with zero attached hydrogens (tertiary/aromatic N) is 1. The number of likely N-dealkylation sites (N-methyl/N-ethyl adjacent to an activating group) is 1. The molecule has 1 aliphatic carbocycles. The minimum atomic E-state index is -1.09. The van der Waals surface area contributed by atoms with Crippen molar-refractivity contribution in [3.8, 4) is 5.75 Å². The molecule has 0 aliphatic heterocycles. The highest BCUT2D eigenvalue weighted by molar-refractivity contribution is 5.96. The molecule has 1 fully saturated rings. The first-order valence-electron chi connectivity index (χ1n) is 9.08. The highest BCUT2D eigenvalue weighted by Gasteiger charge is 2.45. The molecule has 0 aromatic heterocycles. The summed E-state index contributed by atoms with van der Waals surface area (Å²) in [5.74, 6) is -0.488. The Labute approximate surface area is 154 Å². The molecule has 6 nitrogen and oxygen atoms in total. The first-order valence-corrected chi connectivity index (χ1v) is 9.08. The fraction of sp³-hybridized carbons (Fsp3) is 0.550. The van der Waals surface area contributed by atoms with Crippen LogP contribution in [0.2, 0.25) is 0 Å². The van der Waals surface area contributed by atoms with E-state index in [2.05, 4.69) is 0 Å². The van der Waals surface area contributed by atoms with Crippen molar-refractivity contribution in [2.45, 2.75) is 56.9 Å². The number of Topliss-reactive ketones (excluding diaryl/α,β-unsaturated/α-hetero) is 1. The standard InChI is InChI=1S/C20H27NO5/c1-21(20(19(24)25)13-4-3-5-14-20)18(23)8-6-7-17(22)15-9-11-16(26-2)12-10-15/h9-12H,3-8,13-14H2,1-2H3,(H,24,25). The number of benzene rings is 1. The lowest BCUT2D eigenvalue weighted by atomic mass is 9.80. The molecule has 0 unspecified atom stereocenters. The molecular weight excluding hydrogens is 334 g/mol. The number of amides is 1. The smallest absolute Gasteiger partial charge is 0.329 e. The number of carbonyl (C=O) groups excluding carboxylic acids is 2. The monoisotopic (exact) mass is 361 g/mol. The predicted molar refractivity (Wildman–Crippen MR) is 97.4 cm³/mol. The first kappa shape index (κ1) is 19.9. The van der Waals surface area contributed by atoms with Gasteiger partial charge in [-0.1, -0.05) is 19.3 Å². The number of hydrogen-bond donors (Lipinski definition) is 1. The topological polar surface area (TPSA) is 83.9 Å². The third-order valence-corrected chi connectivity index (χ3v) is 5.30. The molecule has 0 spiro atoms. The van der Waals surface area contributed by atoms with Gasteiger partial charge in [-0.2, -0.15) is 0 Å². The van der Waals surface area contributed by atoms with Gasteiger partial charge >= 0.3 is 5.97 Å². The summed E-state index contributed by atoms with van der Waals surface area (Å²) in [4.78, 5) is 37.9. The summed E-state index contributed by atoms with van der Waals surface area (Å²) < 4.78 is 5.06. The summed E-state index contributed by atoms with van der Waals surface area (Å²) in [6, 6.07) is 6.87. The number of carboxylic acids is 1. The van der Waals surface area contributed by atoms with Crippen molar-refractivity contribution in [3.63, 3.8) is 0 Å². The molecule has 0 atom stereocenters. The van der Waals surface area contributed by atoms with E-state index >= 15 is 0 Å². The number of ether oxygens (including phenoxy) is 1. The van der Waals surface area contributed by atoms with Crippen molar-refractivity contribution in [2.75, 3.05) is 14.2 Å². The van der Waals surface area contributed by atoms with Crippen molar-refractivity contribution < 1.29 is 24.2 Å². The van der Waals surface area contributed by atoms with E-state index in [1.54, 1.807) is 38.4 Å². The average molecular weight is 361 g/mol. The fourth-order valence-electron chi connectivity index (χ4n) is 3.56. The van der Waals surface area contributed by atoms with E-state index in [1.165, 1.54) is 4.90 Å². The molecule has 1 aliphatic rings. The number of aliphatic carboxylic acids is 1. The second-order valence-corrected chi connectivity index (χ2v) is 6.86. The third kappa shape index (κ3) is 4.42. The summed E-state index contributed by atoms with van der Waals surface area (Å²) in [5.41, 5.74) is -0.504. The summed E-state index contributed by atoms with van der Waals surface area (Å²) >= 11 is 0. The number of rotatable bonds is 8. The molecule has 1 aromatic rings. The number of carbonyl (C=O) groups is 3. The molecule has 0 bridgehead atoms. The lowest BCUT2D eigenvalue weighted by Gasteiger charge is -2.41.